The van der Waals surface area contributed by atoms with Gasteiger partial charge in [0, 0.05) is 12.5 Å². The fraction of sp³-hybridized carbons (Fsp3) is 0.933. The summed E-state index contributed by atoms with van der Waals surface area (Å²) >= 11 is 0. The number of piperidine rings is 1. The number of rotatable bonds is 3. The maximum Gasteiger partial charge on any atom is 0.303 e. The van der Waals surface area contributed by atoms with Crippen molar-refractivity contribution in [1.29, 1.82) is 0 Å². The van der Waals surface area contributed by atoms with Crippen molar-refractivity contribution in [2.45, 2.75) is 70.3 Å². The van der Waals surface area contributed by atoms with Crippen LogP contribution in [0.25, 0.3) is 0 Å². The Balaban J connectivity index is 1.75. The van der Waals surface area contributed by atoms with Gasteiger partial charge in [-0.25, -0.2) is 0 Å². The smallest absolute Gasteiger partial charge is 0.303 e. The number of carbonyl (C=O) groups is 1. The van der Waals surface area contributed by atoms with Crippen molar-refractivity contribution in [3.05, 3.63) is 0 Å². The Kier molecular flexibility index (Phi) is 5.48. The Morgan fingerprint density at radius 1 is 0.944 bits per heavy atom. The summed E-state index contributed by atoms with van der Waals surface area (Å²) < 4.78 is 0. The Morgan fingerprint density at radius 3 is 2.06 bits per heavy atom. The van der Waals surface area contributed by atoms with Crippen molar-refractivity contribution >= 4 is 5.97 Å². The molecule has 0 amide bonds. The minimum Gasteiger partial charge on any atom is -0.481 e. The lowest BCUT2D eigenvalue weighted by Gasteiger charge is -2.38. The quantitative estimate of drug-likeness (QED) is 0.839. The van der Waals surface area contributed by atoms with Gasteiger partial charge < -0.3 is 10.0 Å². The predicted molar refractivity (Wildman–Crippen MR) is 72.7 cm³/mol. The van der Waals surface area contributed by atoms with E-state index >= 15 is 0 Å². The van der Waals surface area contributed by atoms with Crippen LogP contribution < -0.4 is 0 Å². The molecule has 0 atom stereocenters. The maximum absolute atomic E-state index is 10.7. The van der Waals surface area contributed by atoms with Gasteiger partial charge in [-0.3, -0.25) is 4.79 Å². The first kappa shape index (κ1) is 13.9. The van der Waals surface area contributed by atoms with Crippen LogP contribution in [0, 0.1) is 5.92 Å². The summed E-state index contributed by atoms with van der Waals surface area (Å²) in [6, 6.07) is 0.788. The highest BCUT2D eigenvalue weighted by Crippen LogP contribution is 2.27. The lowest BCUT2D eigenvalue weighted by atomic mass is 9.90. The molecule has 1 aliphatic heterocycles. The van der Waals surface area contributed by atoms with Gasteiger partial charge in [0.2, 0.25) is 0 Å². The lowest BCUT2D eigenvalue weighted by molar-refractivity contribution is -0.138. The summed E-state index contributed by atoms with van der Waals surface area (Å²) in [7, 11) is 0. The first-order valence-corrected chi connectivity index (χ1v) is 7.71. The summed E-state index contributed by atoms with van der Waals surface area (Å²) in [5.74, 6) is -0.202. The zero-order chi connectivity index (χ0) is 12.8. The lowest BCUT2D eigenvalue weighted by Crippen LogP contribution is -2.42. The summed E-state index contributed by atoms with van der Waals surface area (Å²) in [6.45, 7) is 2.26. The number of nitrogens with zero attached hydrogens (tertiary/aromatic N) is 1. The van der Waals surface area contributed by atoms with E-state index in [-0.39, 0.29) is 0 Å². The van der Waals surface area contributed by atoms with Crippen LogP contribution in [0.1, 0.15) is 64.2 Å². The van der Waals surface area contributed by atoms with Crippen molar-refractivity contribution in [3.8, 4) is 0 Å². The van der Waals surface area contributed by atoms with Crippen molar-refractivity contribution < 1.29 is 9.90 Å². The molecule has 3 nitrogen and oxygen atoms in total. The number of likely N-dealkylation sites (tertiary alicyclic amines) is 1. The number of carboxylic acid groups (broad SMARTS) is 1. The van der Waals surface area contributed by atoms with Crippen molar-refractivity contribution in [3.63, 3.8) is 0 Å². The zero-order valence-corrected chi connectivity index (χ0v) is 11.4. The van der Waals surface area contributed by atoms with E-state index < -0.39 is 5.97 Å². The summed E-state index contributed by atoms with van der Waals surface area (Å²) in [6.07, 6.45) is 12.3. The number of aliphatic carboxylic acids is 1. The molecular formula is C15H27NO2. The van der Waals surface area contributed by atoms with Crippen LogP contribution in [0.3, 0.4) is 0 Å². The molecule has 1 aliphatic carbocycles. The average Bonchev–Trinajstić information content (AvgIpc) is 2.29. The third-order valence-electron chi connectivity index (χ3n) is 4.70. The van der Waals surface area contributed by atoms with Gasteiger partial charge in [0.15, 0.2) is 0 Å². The molecule has 1 saturated heterocycles. The van der Waals surface area contributed by atoms with Gasteiger partial charge in [-0.05, 0) is 44.7 Å². The second-order valence-electron chi connectivity index (χ2n) is 6.08. The van der Waals surface area contributed by atoms with Crippen LogP contribution in [0.15, 0.2) is 0 Å². The standard InChI is InChI=1S/C15H27NO2/c17-15(18)12-13-8-10-16(11-9-13)14-6-4-2-1-3-5-7-14/h13-14H,1-12H2,(H,17,18). The van der Waals surface area contributed by atoms with Crippen molar-refractivity contribution in [1.82, 2.24) is 4.90 Å². The van der Waals surface area contributed by atoms with E-state index in [1.807, 2.05) is 0 Å². The molecule has 2 fully saturated rings. The molecule has 1 N–H and O–H groups in total. The molecular weight excluding hydrogens is 226 g/mol. The highest BCUT2D eigenvalue weighted by atomic mass is 16.4. The molecule has 3 heteroatoms. The largest absolute Gasteiger partial charge is 0.481 e. The number of carboxylic acids is 1. The minimum atomic E-state index is -0.626. The van der Waals surface area contributed by atoms with Crippen molar-refractivity contribution in [2.75, 3.05) is 13.1 Å². The fourth-order valence-corrected chi connectivity index (χ4v) is 3.57. The second kappa shape index (κ2) is 7.13. The first-order chi connectivity index (χ1) is 8.75. The monoisotopic (exact) mass is 253 g/mol. The maximum atomic E-state index is 10.7. The average molecular weight is 253 g/mol. The molecule has 0 aromatic carbocycles. The van der Waals surface area contributed by atoms with Crippen LogP contribution in [0.2, 0.25) is 0 Å². The van der Waals surface area contributed by atoms with Gasteiger partial charge >= 0.3 is 5.97 Å². The molecule has 0 unspecified atom stereocenters. The normalized spacial score (nSPS) is 25.6. The SMILES string of the molecule is O=C(O)CC1CCN(C2CCCCCCC2)CC1. The number of hydrogen-bond donors (Lipinski definition) is 1. The Bertz CT molecular complexity index is 251. The van der Waals surface area contributed by atoms with Gasteiger partial charge in [0.25, 0.3) is 0 Å². The molecule has 104 valence electrons. The second-order valence-corrected chi connectivity index (χ2v) is 6.08. The molecule has 0 bridgehead atoms. The molecule has 0 spiro atoms. The molecule has 1 heterocycles. The van der Waals surface area contributed by atoms with Gasteiger partial charge in [-0.2, -0.15) is 0 Å². The van der Waals surface area contributed by atoms with Gasteiger partial charge in [-0.1, -0.05) is 32.1 Å². The fourth-order valence-electron chi connectivity index (χ4n) is 3.57. The minimum absolute atomic E-state index is 0.374. The van der Waals surface area contributed by atoms with Crippen LogP contribution in [-0.2, 0) is 4.79 Å². The molecule has 0 aromatic heterocycles. The predicted octanol–water partition coefficient (Wildman–Crippen LogP) is 3.29. The van der Waals surface area contributed by atoms with E-state index in [1.54, 1.807) is 0 Å². The summed E-state index contributed by atoms with van der Waals surface area (Å²) in [5, 5.41) is 8.84. The van der Waals surface area contributed by atoms with Crippen LogP contribution >= 0.6 is 0 Å². The topological polar surface area (TPSA) is 40.5 Å². The van der Waals surface area contributed by atoms with E-state index in [4.69, 9.17) is 5.11 Å². The molecule has 0 radical (unpaired) electrons. The van der Waals surface area contributed by atoms with E-state index in [1.165, 1.54) is 44.9 Å². The van der Waals surface area contributed by atoms with E-state index in [9.17, 15) is 4.79 Å². The van der Waals surface area contributed by atoms with Gasteiger partial charge in [0.1, 0.15) is 0 Å². The third-order valence-corrected chi connectivity index (χ3v) is 4.70. The highest BCUT2D eigenvalue weighted by molar-refractivity contribution is 5.67. The van der Waals surface area contributed by atoms with Crippen LogP contribution in [0.4, 0.5) is 0 Å². The van der Waals surface area contributed by atoms with Crippen LogP contribution in [0.5, 0.6) is 0 Å². The molecule has 2 rings (SSSR count). The van der Waals surface area contributed by atoms with E-state index in [0.29, 0.717) is 12.3 Å². The van der Waals surface area contributed by atoms with Gasteiger partial charge in [0.05, 0.1) is 0 Å². The van der Waals surface area contributed by atoms with Crippen LogP contribution in [-0.4, -0.2) is 35.1 Å². The highest BCUT2D eigenvalue weighted by Gasteiger charge is 2.26. The third kappa shape index (κ3) is 4.27. The first-order valence-electron chi connectivity index (χ1n) is 7.71. The van der Waals surface area contributed by atoms with E-state index in [2.05, 4.69) is 4.90 Å². The number of hydrogen-bond acceptors (Lipinski definition) is 2. The zero-order valence-electron chi connectivity index (χ0n) is 11.4. The molecule has 1 saturated carbocycles. The molecule has 0 aromatic rings. The molecule has 2 aliphatic rings. The molecule has 18 heavy (non-hydrogen) atoms. The Labute approximate surface area is 111 Å². The Morgan fingerprint density at radius 2 is 1.50 bits per heavy atom. The van der Waals surface area contributed by atoms with Gasteiger partial charge in [-0.15, -0.1) is 0 Å². The summed E-state index contributed by atoms with van der Waals surface area (Å²) in [5.41, 5.74) is 0. The Hall–Kier alpha value is -0.570. The van der Waals surface area contributed by atoms with E-state index in [0.717, 1.165) is 32.0 Å². The summed E-state index contributed by atoms with van der Waals surface area (Å²) in [4.78, 5) is 13.4. The van der Waals surface area contributed by atoms with Crippen molar-refractivity contribution in [2.24, 2.45) is 5.92 Å².